The van der Waals surface area contributed by atoms with E-state index in [1.54, 1.807) is 0 Å². The van der Waals surface area contributed by atoms with E-state index in [1.807, 2.05) is 0 Å². The van der Waals surface area contributed by atoms with Gasteiger partial charge in [-0.15, -0.1) is 0 Å². The van der Waals surface area contributed by atoms with Gasteiger partial charge >= 0.3 is 6.18 Å². The maximum Gasteiger partial charge on any atom is 0.438 e. The van der Waals surface area contributed by atoms with Crippen LogP contribution in [0, 0.1) is 0 Å². The fourth-order valence-electron chi connectivity index (χ4n) is 2.65. The van der Waals surface area contributed by atoms with Crippen LogP contribution in [-0.4, -0.2) is 45.9 Å². The lowest BCUT2D eigenvalue weighted by Gasteiger charge is -2.32. The van der Waals surface area contributed by atoms with E-state index in [0.29, 0.717) is 11.3 Å². The van der Waals surface area contributed by atoms with Gasteiger partial charge in [-0.05, 0) is 54.1 Å². The molecule has 0 bridgehead atoms. The Balaban J connectivity index is 2.01. The Labute approximate surface area is 152 Å². The number of phenolic OH excluding ortho intramolecular Hbond substituents is 1. The van der Waals surface area contributed by atoms with Gasteiger partial charge in [0.25, 0.3) is 11.6 Å². The lowest BCUT2D eigenvalue weighted by atomic mass is 10.0. The normalized spacial score (nSPS) is 19.7. The number of aliphatic hydroxyl groups is 1. The number of alkyl halides is 3. The average Bonchev–Trinajstić information content (AvgIpc) is 3.01. The van der Waals surface area contributed by atoms with Gasteiger partial charge in [0.1, 0.15) is 11.5 Å². The summed E-state index contributed by atoms with van der Waals surface area (Å²) in [5.41, 5.74) is -3.41. The van der Waals surface area contributed by atoms with Gasteiger partial charge in [0.2, 0.25) is 0 Å². The number of halogens is 3. The van der Waals surface area contributed by atoms with Gasteiger partial charge in [-0.3, -0.25) is 4.79 Å². The first-order chi connectivity index (χ1) is 12.7. The SMILES string of the molecule is COc1ccc(C2=NN(C(=O)c3ccc(O)cc3)[C@](O)(C(F)(F)F)C2)cc1. The molecule has 0 spiro atoms. The number of methoxy groups -OCH3 is 1. The number of aromatic hydroxyl groups is 1. The molecule has 0 aromatic heterocycles. The van der Waals surface area contributed by atoms with Crippen molar-refractivity contribution in [3.63, 3.8) is 0 Å². The number of carbonyl (C=O) groups is 1. The minimum atomic E-state index is -5.13. The van der Waals surface area contributed by atoms with Crippen LogP contribution < -0.4 is 4.74 Å². The molecule has 0 aliphatic carbocycles. The van der Waals surface area contributed by atoms with Crippen LogP contribution in [0.1, 0.15) is 22.3 Å². The summed E-state index contributed by atoms with van der Waals surface area (Å²) >= 11 is 0. The van der Waals surface area contributed by atoms with Crippen molar-refractivity contribution in [3.8, 4) is 11.5 Å². The zero-order chi connectivity index (χ0) is 19.8. The van der Waals surface area contributed by atoms with Crippen LogP contribution in [0.2, 0.25) is 0 Å². The number of carbonyl (C=O) groups excluding carboxylic acids is 1. The topological polar surface area (TPSA) is 82.4 Å². The van der Waals surface area contributed by atoms with Crippen molar-refractivity contribution in [2.24, 2.45) is 5.10 Å². The third-order valence-corrected chi connectivity index (χ3v) is 4.17. The highest BCUT2D eigenvalue weighted by Crippen LogP contribution is 2.42. The van der Waals surface area contributed by atoms with Crippen molar-refractivity contribution in [3.05, 3.63) is 59.7 Å². The summed E-state index contributed by atoms with van der Waals surface area (Å²) in [6, 6.07) is 10.7. The van der Waals surface area contributed by atoms with Gasteiger partial charge < -0.3 is 14.9 Å². The van der Waals surface area contributed by atoms with Crippen molar-refractivity contribution < 1.29 is 32.9 Å². The molecular weight excluding hydrogens is 365 g/mol. The first-order valence-electron chi connectivity index (χ1n) is 7.80. The van der Waals surface area contributed by atoms with E-state index >= 15 is 0 Å². The molecule has 1 heterocycles. The Hall–Kier alpha value is -3.07. The van der Waals surface area contributed by atoms with Gasteiger partial charge in [-0.25, -0.2) is 0 Å². The summed E-state index contributed by atoms with van der Waals surface area (Å²) in [6.45, 7) is 0. The van der Waals surface area contributed by atoms with Crippen molar-refractivity contribution in [1.82, 2.24) is 5.01 Å². The average molecular weight is 380 g/mol. The zero-order valence-corrected chi connectivity index (χ0v) is 14.1. The molecule has 142 valence electrons. The molecule has 3 rings (SSSR count). The van der Waals surface area contributed by atoms with Gasteiger partial charge in [-0.2, -0.15) is 23.3 Å². The fourth-order valence-corrected chi connectivity index (χ4v) is 2.65. The van der Waals surface area contributed by atoms with Gasteiger partial charge in [0.15, 0.2) is 0 Å². The van der Waals surface area contributed by atoms with Crippen molar-refractivity contribution in [2.45, 2.75) is 18.3 Å². The van der Waals surface area contributed by atoms with E-state index in [0.717, 1.165) is 24.3 Å². The molecule has 0 unspecified atom stereocenters. The Morgan fingerprint density at radius 2 is 1.74 bits per heavy atom. The predicted molar refractivity (Wildman–Crippen MR) is 89.4 cm³/mol. The summed E-state index contributed by atoms with van der Waals surface area (Å²) < 4.78 is 45.7. The van der Waals surface area contributed by atoms with E-state index in [-0.39, 0.29) is 22.0 Å². The molecule has 1 atom stereocenters. The summed E-state index contributed by atoms with van der Waals surface area (Å²) in [7, 11) is 1.45. The molecule has 27 heavy (non-hydrogen) atoms. The van der Waals surface area contributed by atoms with Crippen LogP contribution in [0.3, 0.4) is 0 Å². The number of hydrazone groups is 1. The molecule has 2 aromatic carbocycles. The number of ether oxygens (including phenoxy) is 1. The maximum atomic E-state index is 13.6. The summed E-state index contributed by atoms with van der Waals surface area (Å²) in [5.74, 6) is -0.791. The van der Waals surface area contributed by atoms with E-state index in [1.165, 1.54) is 31.4 Å². The number of phenols is 1. The maximum absolute atomic E-state index is 13.6. The predicted octanol–water partition coefficient (Wildman–Crippen LogP) is 2.90. The molecule has 1 aliphatic heterocycles. The Morgan fingerprint density at radius 3 is 2.26 bits per heavy atom. The molecule has 1 aliphatic rings. The minimum absolute atomic E-state index is 0.0406. The van der Waals surface area contributed by atoms with Crippen LogP contribution in [0.25, 0.3) is 0 Å². The number of amides is 1. The van der Waals surface area contributed by atoms with Gasteiger partial charge in [-0.1, -0.05) is 0 Å². The molecule has 1 amide bonds. The molecule has 0 saturated carbocycles. The number of hydrogen-bond acceptors (Lipinski definition) is 5. The molecule has 0 radical (unpaired) electrons. The second kappa shape index (κ2) is 6.58. The summed E-state index contributed by atoms with van der Waals surface area (Å²) in [6.07, 6.45) is -6.04. The van der Waals surface area contributed by atoms with Crippen molar-refractivity contribution in [1.29, 1.82) is 0 Å². The fraction of sp³-hybridized carbons (Fsp3) is 0.222. The highest BCUT2D eigenvalue weighted by molar-refractivity contribution is 6.05. The van der Waals surface area contributed by atoms with Crippen LogP contribution >= 0.6 is 0 Å². The number of hydrogen-bond donors (Lipinski definition) is 2. The van der Waals surface area contributed by atoms with Crippen LogP contribution in [0.15, 0.2) is 53.6 Å². The monoisotopic (exact) mass is 380 g/mol. The lowest BCUT2D eigenvalue weighted by molar-refractivity contribution is -0.297. The largest absolute Gasteiger partial charge is 0.508 e. The smallest absolute Gasteiger partial charge is 0.438 e. The molecule has 9 heteroatoms. The van der Waals surface area contributed by atoms with Gasteiger partial charge in [0, 0.05) is 5.56 Å². The summed E-state index contributed by atoms with van der Waals surface area (Å²) in [4.78, 5) is 12.6. The molecule has 2 N–H and O–H groups in total. The third kappa shape index (κ3) is 3.33. The highest BCUT2D eigenvalue weighted by Gasteiger charge is 2.63. The van der Waals surface area contributed by atoms with Crippen LogP contribution in [-0.2, 0) is 0 Å². The lowest BCUT2D eigenvalue weighted by Crippen LogP contribution is -2.56. The third-order valence-electron chi connectivity index (χ3n) is 4.17. The molecule has 0 fully saturated rings. The number of nitrogens with zero attached hydrogens (tertiary/aromatic N) is 2. The summed E-state index contributed by atoms with van der Waals surface area (Å²) in [5, 5.41) is 23.4. The Morgan fingerprint density at radius 1 is 1.15 bits per heavy atom. The van der Waals surface area contributed by atoms with Crippen LogP contribution in [0.5, 0.6) is 11.5 Å². The highest BCUT2D eigenvalue weighted by atomic mass is 19.4. The minimum Gasteiger partial charge on any atom is -0.508 e. The second-order valence-corrected chi connectivity index (χ2v) is 5.93. The quantitative estimate of drug-likeness (QED) is 0.858. The molecule has 0 saturated heterocycles. The Kier molecular flexibility index (Phi) is 4.56. The number of benzene rings is 2. The molecule has 6 nitrogen and oxygen atoms in total. The standard InChI is InChI=1S/C18H15F3N2O4/c1-27-14-8-4-11(5-9-14)15-10-17(26,18(19,20)21)23(22-15)16(25)12-2-6-13(24)7-3-12/h2-9,24,26H,10H2,1H3/t17-/m1/s1. The van der Waals surface area contributed by atoms with Crippen molar-refractivity contribution >= 4 is 11.6 Å². The second-order valence-electron chi connectivity index (χ2n) is 5.93. The molecule has 2 aromatic rings. The number of rotatable bonds is 3. The first kappa shape index (κ1) is 18.7. The Bertz CT molecular complexity index is 879. The van der Waals surface area contributed by atoms with E-state index in [4.69, 9.17) is 4.74 Å². The van der Waals surface area contributed by atoms with Gasteiger partial charge in [0.05, 0.1) is 19.2 Å². The first-order valence-corrected chi connectivity index (χ1v) is 7.80. The van der Waals surface area contributed by atoms with E-state index in [9.17, 15) is 28.2 Å². The zero-order valence-electron chi connectivity index (χ0n) is 14.1. The van der Waals surface area contributed by atoms with Crippen molar-refractivity contribution in [2.75, 3.05) is 7.11 Å². The molecular formula is C18H15F3N2O4. The van der Waals surface area contributed by atoms with Crippen LogP contribution in [0.4, 0.5) is 13.2 Å². The van der Waals surface area contributed by atoms with E-state index in [2.05, 4.69) is 5.10 Å². The van der Waals surface area contributed by atoms with E-state index < -0.39 is 24.2 Å².